The first-order chi connectivity index (χ1) is 8.61. The summed E-state index contributed by atoms with van der Waals surface area (Å²) in [5.74, 6) is 0.737. The van der Waals surface area contributed by atoms with E-state index in [-0.39, 0.29) is 5.91 Å². The van der Waals surface area contributed by atoms with E-state index in [1.807, 2.05) is 13.0 Å². The van der Waals surface area contributed by atoms with Crippen LogP contribution < -0.4 is 4.90 Å². The number of hydrogen-bond donors (Lipinski definition) is 1. The third kappa shape index (κ3) is 2.81. The van der Waals surface area contributed by atoms with Gasteiger partial charge in [0.1, 0.15) is 12.4 Å². The van der Waals surface area contributed by atoms with E-state index in [0.29, 0.717) is 13.1 Å². The van der Waals surface area contributed by atoms with Gasteiger partial charge in [0.15, 0.2) is 0 Å². The molecule has 1 fully saturated rings. The molecule has 0 atom stereocenters. The fraction of sp³-hybridized carbons (Fsp3) is 0.500. The molecule has 5 nitrogen and oxygen atoms in total. The summed E-state index contributed by atoms with van der Waals surface area (Å²) in [5, 5.41) is 8.81. The summed E-state index contributed by atoms with van der Waals surface area (Å²) >= 11 is 3.43. The fourth-order valence-corrected chi connectivity index (χ4v) is 2.20. The van der Waals surface area contributed by atoms with Crippen molar-refractivity contribution in [3.8, 4) is 0 Å². The van der Waals surface area contributed by atoms with Crippen molar-refractivity contribution in [2.45, 2.75) is 6.92 Å². The number of pyridine rings is 1. The molecule has 1 aromatic heterocycles. The molecule has 1 aliphatic heterocycles. The van der Waals surface area contributed by atoms with E-state index in [2.05, 4.69) is 25.8 Å². The largest absolute Gasteiger partial charge is 0.387 e. The van der Waals surface area contributed by atoms with Gasteiger partial charge in [-0.15, -0.1) is 0 Å². The maximum absolute atomic E-state index is 11.3. The maximum Gasteiger partial charge on any atom is 0.248 e. The average Bonchev–Trinajstić information content (AvgIpc) is 2.41. The second kappa shape index (κ2) is 5.67. The van der Waals surface area contributed by atoms with Crippen molar-refractivity contribution in [3.05, 3.63) is 22.3 Å². The van der Waals surface area contributed by atoms with Crippen molar-refractivity contribution in [3.63, 3.8) is 0 Å². The highest BCUT2D eigenvalue weighted by Crippen LogP contribution is 2.20. The van der Waals surface area contributed by atoms with E-state index in [1.165, 1.54) is 0 Å². The van der Waals surface area contributed by atoms with Gasteiger partial charge in [0.05, 0.1) is 0 Å². The van der Waals surface area contributed by atoms with E-state index >= 15 is 0 Å². The van der Waals surface area contributed by atoms with Crippen molar-refractivity contribution < 1.29 is 9.90 Å². The number of anilines is 1. The number of amides is 1. The van der Waals surface area contributed by atoms with Gasteiger partial charge in [0, 0.05) is 36.8 Å². The number of hydrogen-bond acceptors (Lipinski definition) is 4. The lowest BCUT2D eigenvalue weighted by Crippen LogP contribution is -2.49. The van der Waals surface area contributed by atoms with Gasteiger partial charge in [-0.1, -0.05) is 0 Å². The van der Waals surface area contributed by atoms with Gasteiger partial charge in [-0.2, -0.15) is 0 Å². The third-order valence-corrected chi connectivity index (χ3v) is 3.95. The van der Waals surface area contributed by atoms with Crippen LogP contribution in [0.4, 0.5) is 5.82 Å². The summed E-state index contributed by atoms with van der Waals surface area (Å²) in [5.41, 5.74) is 1.15. The minimum atomic E-state index is -0.407. The summed E-state index contributed by atoms with van der Waals surface area (Å²) in [7, 11) is 0. The number of piperazine rings is 1. The van der Waals surface area contributed by atoms with Crippen LogP contribution in [0.25, 0.3) is 0 Å². The van der Waals surface area contributed by atoms with Crippen LogP contribution in [-0.2, 0) is 4.79 Å². The number of aliphatic hydroxyl groups excluding tert-OH is 1. The molecule has 0 radical (unpaired) electrons. The van der Waals surface area contributed by atoms with Crippen molar-refractivity contribution in [2.75, 3.05) is 37.7 Å². The molecule has 1 N–H and O–H groups in total. The second-order valence-corrected chi connectivity index (χ2v) is 5.17. The Morgan fingerprint density at radius 2 is 2.11 bits per heavy atom. The van der Waals surface area contributed by atoms with Crippen LogP contribution in [0.2, 0.25) is 0 Å². The molecule has 0 aliphatic carbocycles. The summed E-state index contributed by atoms with van der Waals surface area (Å²) in [4.78, 5) is 19.6. The van der Waals surface area contributed by atoms with Gasteiger partial charge in [0.2, 0.25) is 5.91 Å². The molecular formula is C12H16BrN3O2. The number of aromatic nitrogens is 1. The van der Waals surface area contributed by atoms with Gasteiger partial charge in [-0.3, -0.25) is 4.79 Å². The lowest BCUT2D eigenvalue weighted by molar-refractivity contribution is -0.134. The van der Waals surface area contributed by atoms with Crippen LogP contribution in [0.15, 0.2) is 16.7 Å². The zero-order chi connectivity index (χ0) is 13.1. The average molecular weight is 314 g/mol. The number of nitrogens with zero attached hydrogens (tertiary/aromatic N) is 3. The van der Waals surface area contributed by atoms with Crippen LogP contribution in [0.3, 0.4) is 0 Å². The molecule has 0 unspecified atom stereocenters. The van der Waals surface area contributed by atoms with Crippen LogP contribution in [0.1, 0.15) is 5.56 Å². The Morgan fingerprint density at radius 1 is 1.44 bits per heavy atom. The minimum absolute atomic E-state index is 0.199. The molecule has 1 aromatic rings. The van der Waals surface area contributed by atoms with Gasteiger partial charge in [-0.05, 0) is 34.5 Å². The van der Waals surface area contributed by atoms with E-state index in [1.54, 1.807) is 11.1 Å². The quantitative estimate of drug-likeness (QED) is 0.877. The van der Waals surface area contributed by atoms with Crippen molar-refractivity contribution in [2.24, 2.45) is 0 Å². The Balaban J connectivity index is 2.01. The maximum atomic E-state index is 11.3. The standard InChI is InChI=1S/C12H16BrN3O2/c1-9-6-11(14-7-10(9)13)15-2-4-16(5-3-15)12(18)8-17/h6-7,17H,2-5,8H2,1H3. The van der Waals surface area contributed by atoms with E-state index < -0.39 is 6.61 Å². The number of carbonyl (C=O) groups excluding carboxylic acids is 1. The number of aliphatic hydroxyl groups is 1. The third-order valence-electron chi connectivity index (χ3n) is 3.12. The predicted molar refractivity (Wildman–Crippen MR) is 72.6 cm³/mol. The van der Waals surface area contributed by atoms with E-state index in [4.69, 9.17) is 5.11 Å². The molecule has 0 saturated carbocycles. The molecule has 0 spiro atoms. The molecule has 18 heavy (non-hydrogen) atoms. The molecule has 98 valence electrons. The molecule has 0 aromatic carbocycles. The van der Waals surface area contributed by atoms with Crippen LogP contribution in [-0.4, -0.2) is 53.7 Å². The van der Waals surface area contributed by atoms with E-state index in [0.717, 1.165) is 28.9 Å². The first-order valence-electron chi connectivity index (χ1n) is 5.87. The monoisotopic (exact) mass is 313 g/mol. The normalized spacial score (nSPS) is 15.9. The summed E-state index contributed by atoms with van der Waals surface area (Å²) in [6.07, 6.45) is 1.80. The zero-order valence-corrected chi connectivity index (χ0v) is 11.9. The lowest BCUT2D eigenvalue weighted by Gasteiger charge is -2.35. The van der Waals surface area contributed by atoms with Gasteiger partial charge < -0.3 is 14.9 Å². The summed E-state index contributed by atoms with van der Waals surface area (Å²) in [6, 6.07) is 2.04. The van der Waals surface area contributed by atoms with Crippen LogP contribution in [0, 0.1) is 6.92 Å². The molecule has 2 heterocycles. The highest BCUT2D eigenvalue weighted by Gasteiger charge is 2.21. The van der Waals surface area contributed by atoms with Crippen LogP contribution >= 0.6 is 15.9 Å². The fourth-order valence-electron chi connectivity index (χ4n) is 1.98. The highest BCUT2D eigenvalue weighted by molar-refractivity contribution is 9.10. The van der Waals surface area contributed by atoms with Crippen molar-refractivity contribution >= 4 is 27.7 Å². The SMILES string of the molecule is Cc1cc(N2CCN(C(=O)CO)CC2)ncc1Br. The molecular weight excluding hydrogens is 298 g/mol. The smallest absolute Gasteiger partial charge is 0.248 e. The summed E-state index contributed by atoms with van der Waals surface area (Å²) in [6.45, 7) is 4.39. The molecule has 0 bridgehead atoms. The number of halogens is 1. The number of aryl methyl sites for hydroxylation is 1. The Hall–Kier alpha value is -1.14. The van der Waals surface area contributed by atoms with Gasteiger partial charge in [-0.25, -0.2) is 4.98 Å². The van der Waals surface area contributed by atoms with Gasteiger partial charge >= 0.3 is 0 Å². The zero-order valence-electron chi connectivity index (χ0n) is 10.3. The Kier molecular flexibility index (Phi) is 4.19. The van der Waals surface area contributed by atoms with Crippen molar-refractivity contribution in [1.82, 2.24) is 9.88 Å². The second-order valence-electron chi connectivity index (χ2n) is 4.32. The van der Waals surface area contributed by atoms with Crippen molar-refractivity contribution in [1.29, 1.82) is 0 Å². The number of carbonyl (C=O) groups is 1. The van der Waals surface area contributed by atoms with E-state index in [9.17, 15) is 4.79 Å². The highest BCUT2D eigenvalue weighted by atomic mass is 79.9. The Bertz CT molecular complexity index is 445. The Morgan fingerprint density at radius 3 is 2.67 bits per heavy atom. The molecule has 1 saturated heterocycles. The topological polar surface area (TPSA) is 56.7 Å². The molecule has 2 rings (SSSR count). The molecule has 1 amide bonds. The lowest BCUT2D eigenvalue weighted by atomic mass is 10.2. The summed E-state index contributed by atoms with van der Waals surface area (Å²) < 4.78 is 1.00. The number of rotatable bonds is 2. The molecule has 1 aliphatic rings. The first-order valence-corrected chi connectivity index (χ1v) is 6.67. The first kappa shape index (κ1) is 13.3. The minimum Gasteiger partial charge on any atom is -0.387 e. The molecule has 6 heteroatoms. The predicted octanol–water partition coefficient (Wildman–Crippen LogP) is 0.793. The van der Waals surface area contributed by atoms with Crippen LogP contribution in [0.5, 0.6) is 0 Å². The Labute approximate surface area is 115 Å². The van der Waals surface area contributed by atoms with Gasteiger partial charge in [0.25, 0.3) is 0 Å².